The van der Waals surface area contributed by atoms with Gasteiger partial charge in [0.25, 0.3) is 0 Å². The van der Waals surface area contributed by atoms with Crippen molar-refractivity contribution < 1.29 is 9.53 Å². The molecule has 0 unspecified atom stereocenters. The quantitative estimate of drug-likeness (QED) is 0.864. The van der Waals surface area contributed by atoms with Crippen molar-refractivity contribution in [1.29, 1.82) is 0 Å². The van der Waals surface area contributed by atoms with Crippen molar-refractivity contribution in [3.05, 3.63) is 42.0 Å². The van der Waals surface area contributed by atoms with Gasteiger partial charge >= 0.3 is 6.03 Å². The molecule has 0 radical (unpaired) electrons. The van der Waals surface area contributed by atoms with Crippen LogP contribution < -0.4 is 15.8 Å². The molecular weight excluding hydrogens is 228 g/mol. The lowest BCUT2D eigenvalue weighted by Crippen LogP contribution is -2.30. The van der Waals surface area contributed by atoms with Gasteiger partial charge in [0.05, 0.1) is 7.11 Å². The summed E-state index contributed by atoms with van der Waals surface area (Å²) in [5.74, 6) is 0.852. The van der Waals surface area contributed by atoms with Gasteiger partial charge in [-0.15, -0.1) is 0 Å². The Morgan fingerprint density at radius 3 is 2.67 bits per heavy atom. The fourth-order valence-electron chi connectivity index (χ4n) is 1.89. The Kier molecular flexibility index (Phi) is 3.67. The first-order valence-corrected chi connectivity index (χ1v) is 5.79. The molecule has 0 saturated heterocycles. The molecule has 0 aliphatic carbocycles. The number of urea groups is 1. The van der Waals surface area contributed by atoms with E-state index in [-0.39, 0.29) is 0 Å². The second kappa shape index (κ2) is 5.40. The summed E-state index contributed by atoms with van der Waals surface area (Å²) in [5.41, 5.74) is 6.18. The molecule has 3 N–H and O–H groups in total. The van der Waals surface area contributed by atoms with E-state index in [1.165, 1.54) is 5.56 Å². The molecule has 0 heterocycles. The fraction of sp³-hybridized carbons (Fsp3) is 0.214. The van der Waals surface area contributed by atoms with Gasteiger partial charge in [-0.2, -0.15) is 0 Å². The zero-order valence-electron chi connectivity index (χ0n) is 10.3. The Bertz CT molecular complexity index is 567. The number of ether oxygens (including phenoxy) is 1. The van der Waals surface area contributed by atoms with Crippen LogP contribution in [0.1, 0.15) is 5.56 Å². The van der Waals surface area contributed by atoms with Gasteiger partial charge in [0, 0.05) is 6.54 Å². The molecule has 0 aliphatic heterocycles. The van der Waals surface area contributed by atoms with Crippen LogP contribution in [0.25, 0.3) is 10.8 Å². The van der Waals surface area contributed by atoms with Crippen molar-refractivity contribution in [1.82, 2.24) is 5.32 Å². The number of carbonyl (C=O) groups excluding carboxylic acids is 1. The summed E-state index contributed by atoms with van der Waals surface area (Å²) >= 11 is 0. The number of rotatable bonds is 4. The second-order valence-corrected chi connectivity index (χ2v) is 4.09. The number of primary amides is 1. The zero-order valence-corrected chi connectivity index (χ0v) is 10.3. The van der Waals surface area contributed by atoms with Crippen molar-refractivity contribution in [2.24, 2.45) is 5.73 Å². The number of amides is 2. The highest BCUT2D eigenvalue weighted by atomic mass is 16.5. The largest absolute Gasteiger partial charge is 0.497 e. The number of benzene rings is 2. The maximum atomic E-state index is 10.6. The number of hydrogen-bond donors (Lipinski definition) is 2. The molecule has 0 bridgehead atoms. The highest BCUT2D eigenvalue weighted by Crippen LogP contribution is 2.21. The van der Waals surface area contributed by atoms with Gasteiger partial charge in [0.15, 0.2) is 0 Å². The van der Waals surface area contributed by atoms with Crippen LogP contribution >= 0.6 is 0 Å². The van der Waals surface area contributed by atoms with E-state index in [1.54, 1.807) is 7.11 Å². The zero-order chi connectivity index (χ0) is 13.0. The van der Waals surface area contributed by atoms with Gasteiger partial charge in [0.2, 0.25) is 0 Å². The smallest absolute Gasteiger partial charge is 0.312 e. The third-order valence-electron chi connectivity index (χ3n) is 2.82. The first-order chi connectivity index (χ1) is 8.69. The standard InChI is InChI=1S/C14H16N2O2/c1-18-13-5-4-11-8-10(2-3-12(11)9-13)6-7-16-14(15)17/h2-5,8-9H,6-7H2,1H3,(H3,15,16,17). The molecule has 2 aromatic rings. The Morgan fingerprint density at radius 2 is 1.94 bits per heavy atom. The highest BCUT2D eigenvalue weighted by molar-refractivity contribution is 5.84. The van der Waals surface area contributed by atoms with Gasteiger partial charge in [-0.1, -0.05) is 24.3 Å². The topological polar surface area (TPSA) is 64.3 Å². The molecule has 0 aliphatic rings. The van der Waals surface area contributed by atoms with Crippen molar-refractivity contribution in [2.45, 2.75) is 6.42 Å². The first kappa shape index (κ1) is 12.2. The number of carbonyl (C=O) groups is 1. The summed E-state index contributed by atoms with van der Waals surface area (Å²) in [6, 6.07) is 11.7. The Hall–Kier alpha value is -2.23. The fourth-order valence-corrected chi connectivity index (χ4v) is 1.89. The Morgan fingerprint density at radius 1 is 1.22 bits per heavy atom. The lowest BCUT2D eigenvalue weighted by molar-refractivity contribution is 0.249. The van der Waals surface area contributed by atoms with Crippen molar-refractivity contribution >= 4 is 16.8 Å². The molecule has 0 spiro atoms. The minimum absolute atomic E-state index is 0.486. The van der Waals surface area contributed by atoms with Crippen molar-refractivity contribution in [3.63, 3.8) is 0 Å². The van der Waals surface area contributed by atoms with Crippen LogP contribution in [0.5, 0.6) is 5.75 Å². The lowest BCUT2D eigenvalue weighted by Gasteiger charge is -2.06. The monoisotopic (exact) mass is 244 g/mol. The average molecular weight is 244 g/mol. The van der Waals surface area contributed by atoms with Gasteiger partial charge in [-0.05, 0) is 34.9 Å². The molecule has 2 rings (SSSR count). The van der Waals surface area contributed by atoms with Crippen LogP contribution in [-0.4, -0.2) is 19.7 Å². The second-order valence-electron chi connectivity index (χ2n) is 4.09. The number of nitrogens with one attached hydrogen (secondary N) is 1. The summed E-state index contributed by atoms with van der Waals surface area (Å²) in [6.07, 6.45) is 0.769. The molecular formula is C14H16N2O2. The number of methoxy groups -OCH3 is 1. The van der Waals surface area contributed by atoms with Gasteiger partial charge in [-0.25, -0.2) is 4.79 Å². The normalized spacial score (nSPS) is 10.3. The summed E-state index contributed by atoms with van der Waals surface area (Å²) in [6.45, 7) is 0.553. The van der Waals surface area contributed by atoms with E-state index in [2.05, 4.69) is 17.4 Å². The number of nitrogens with two attached hydrogens (primary N) is 1. The highest BCUT2D eigenvalue weighted by Gasteiger charge is 1.99. The molecule has 4 nitrogen and oxygen atoms in total. The van der Waals surface area contributed by atoms with Crippen LogP contribution in [0.2, 0.25) is 0 Å². The van der Waals surface area contributed by atoms with Gasteiger partial charge in [0.1, 0.15) is 5.75 Å². The van der Waals surface area contributed by atoms with Crippen molar-refractivity contribution in [3.8, 4) is 5.75 Å². The van der Waals surface area contributed by atoms with Crippen LogP contribution in [0.3, 0.4) is 0 Å². The van der Waals surface area contributed by atoms with Gasteiger partial charge in [-0.3, -0.25) is 0 Å². The Balaban J connectivity index is 2.15. The molecule has 2 amide bonds. The summed E-state index contributed by atoms with van der Waals surface area (Å²) < 4.78 is 5.18. The molecule has 2 aromatic carbocycles. The predicted molar refractivity (Wildman–Crippen MR) is 71.8 cm³/mol. The van der Waals surface area contributed by atoms with Crippen molar-refractivity contribution in [2.75, 3.05) is 13.7 Å². The van der Waals surface area contributed by atoms with Crippen LogP contribution in [-0.2, 0) is 6.42 Å². The van der Waals surface area contributed by atoms with Crippen LogP contribution in [0.4, 0.5) is 4.79 Å². The molecule has 4 heteroatoms. The molecule has 18 heavy (non-hydrogen) atoms. The first-order valence-electron chi connectivity index (χ1n) is 5.79. The minimum Gasteiger partial charge on any atom is -0.497 e. The van der Waals surface area contributed by atoms with E-state index in [0.717, 1.165) is 22.9 Å². The molecule has 0 saturated carbocycles. The summed E-state index contributed by atoms with van der Waals surface area (Å²) in [4.78, 5) is 10.6. The van der Waals surface area contributed by atoms with E-state index in [4.69, 9.17) is 10.5 Å². The molecule has 0 aromatic heterocycles. The third kappa shape index (κ3) is 2.91. The van der Waals surface area contributed by atoms with E-state index in [9.17, 15) is 4.79 Å². The Labute approximate surface area is 106 Å². The maximum Gasteiger partial charge on any atom is 0.312 e. The summed E-state index contributed by atoms with van der Waals surface area (Å²) in [7, 11) is 1.66. The van der Waals surface area contributed by atoms with E-state index < -0.39 is 6.03 Å². The summed E-state index contributed by atoms with van der Waals surface area (Å²) in [5, 5.41) is 4.88. The van der Waals surface area contributed by atoms with E-state index in [0.29, 0.717) is 6.54 Å². The number of hydrogen-bond acceptors (Lipinski definition) is 2. The molecule has 0 atom stereocenters. The minimum atomic E-state index is -0.486. The molecule has 94 valence electrons. The SMILES string of the molecule is COc1ccc2cc(CCNC(N)=O)ccc2c1. The maximum absolute atomic E-state index is 10.6. The number of fused-ring (bicyclic) bond motifs is 1. The van der Waals surface area contributed by atoms with Crippen LogP contribution in [0.15, 0.2) is 36.4 Å². The van der Waals surface area contributed by atoms with E-state index in [1.807, 2.05) is 24.3 Å². The lowest BCUT2D eigenvalue weighted by atomic mass is 10.0. The van der Waals surface area contributed by atoms with E-state index >= 15 is 0 Å². The third-order valence-corrected chi connectivity index (χ3v) is 2.82. The van der Waals surface area contributed by atoms with Gasteiger partial charge < -0.3 is 15.8 Å². The molecule has 0 fully saturated rings. The van der Waals surface area contributed by atoms with Crippen LogP contribution in [0, 0.1) is 0 Å². The predicted octanol–water partition coefficient (Wildman–Crippen LogP) is 2.06. The average Bonchev–Trinajstić information content (AvgIpc) is 2.37.